The van der Waals surface area contributed by atoms with E-state index in [2.05, 4.69) is 10.3 Å². The number of rotatable bonds is 4. The average Bonchev–Trinajstić information content (AvgIpc) is 2.44. The number of halogens is 3. The van der Waals surface area contributed by atoms with E-state index in [-0.39, 0.29) is 11.4 Å². The zero-order valence-corrected chi connectivity index (χ0v) is 11.8. The van der Waals surface area contributed by atoms with Gasteiger partial charge in [-0.05, 0) is 42.8 Å². The Hall–Kier alpha value is -2.08. The number of nitrogens with zero attached hydrogens (tertiary/aromatic N) is 1. The van der Waals surface area contributed by atoms with Crippen LogP contribution in [0.1, 0.15) is 29.7 Å². The van der Waals surface area contributed by atoms with E-state index in [1.54, 1.807) is 12.3 Å². The third-order valence-corrected chi connectivity index (χ3v) is 3.14. The molecule has 3 nitrogen and oxygen atoms in total. The van der Waals surface area contributed by atoms with Crippen LogP contribution in [0.4, 0.5) is 19.0 Å². The first-order valence-electron chi connectivity index (χ1n) is 6.53. The summed E-state index contributed by atoms with van der Waals surface area (Å²) in [5, 5.41) is 3.08. The van der Waals surface area contributed by atoms with E-state index in [1.165, 1.54) is 0 Å². The van der Waals surface area contributed by atoms with Crippen molar-refractivity contribution >= 4 is 5.82 Å². The predicted octanol–water partition coefficient (Wildman–Crippen LogP) is 3.09. The van der Waals surface area contributed by atoms with E-state index in [9.17, 15) is 13.2 Å². The third kappa shape index (κ3) is 3.16. The molecule has 0 saturated carbocycles. The van der Waals surface area contributed by atoms with Crippen molar-refractivity contribution in [3.05, 3.63) is 58.5 Å². The molecule has 0 amide bonds. The Bertz CT molecular complexity index is 636. The molecule has 1 aromatic heterocycles. The van der Waals surface area contributed by atoms with Crippen molar-refractivity contribution in [1.82, 2.24) is 10.3 Å². The van der Waals surface area contributed by atoms with Crippen molar-refractivity contribution in [2.24, 2.45) is 0 Å². The molecule has 2 aromatic rings. The molecule has 2 rings (SSSR count). The molecule has 112 valence electrons. The minimum atomic E-state index is -1.48. The first kappa shape index (κ1) is 15.3. The first-order chi connectivity index (χ1) is 9.93. The fraction of sp³-hybridized carbons (Fsp3) is 0.267. The van der Waals surface area contributed by atoms with Crippen LogP contribution < -0.4 is 11.1 Å². The Morgan fingerprint density at radius 2 is 1.81 bits per heavy atom. The molecule has 6 heteroatoms. The van der Waals surface area contributed by atoms with Crippen LogP contribution in [-0.2, 0) is 0 Å². The van der Waals surface area contributed by atoms with Crippen LogP contribution in [0.15, 0.2) is 24.4 Å². The number of nitrogens with two attached hydrogens (primary N) is 1. The molecule has 1 aromatic carbocycles. The summed E-state index contributed by atoms with van der Waals surface area (Å²) in [6.07, 6.45) is 1.60. The normalized spacial score (nSPS) is 12.4. The summed E-state index contributed by atoms with van der Waals surface area (Å²) >= 11 is 0. The topological polar surface area (TPSA) is 50.9 Å². The maximum absolute atomic E-state index is 13.4. The van der Waals surface area contributed by atoms with E-state index in [4.69, 9.17) is 5.73 Å². The average molecular weight is 295 g/mol. The Kier molecular flexibility index (Phi) is 4.47. The highest BCUT2D eigenvalue weighted by Gasteiger charge is 2.20. The largest absolute Gasteiger partial charge is 0.383 e. The standard InChI is InChI=1S/C15H16F3N3/c1-3-20-14(10-4-8(2)7-21-15(10)19)9-5-11(16)13(18)12(17)6-9/h4-7,14,20H,3H2,1-2H3,(H2,19,21). The monoisotopic (exact) mass is 295 g/mol. The van der Waals surface area contributed by atoms with Crippen molar-refractivity contribution in [2.75, 3.05) is 12.3 Å². The van der Waals surface area contributed by atoms with E-state index < -0.39 is 23.5 Å². The number of pyridine rings is 1. The molecule has 0 aliphatic heterocycles. The van der Waals surface area contributed by atoms with Gasteiger partial charge in [0.15, 0.2) is 17.5 Å². The van der Waals surface area contributed by atoms with Crippen molar-refractivity contribution < 1.29 is 13.2 Å². The number of benzene rings is 1. The molecular weight excluding hydrogens is 279 g/mol. The molecule has 0 fully saturated rings. The van der Waals surface area contributed by atoms with Gasteiger partial charge in [0.1, 0.15) is 5.82 Å². The summed E-state index contributed by atoms with van der Waals surface area (Å²) in [6, 6.07) is 3.16. The highest BCUT2D eigenvalue weighted by Crippen LogP contribution is 2.28. The SMILES string of the molecule is CCNC(c1cc(F)c(F)c(F)c1)c1cc(C)cnc1N. The lowest BCUT2D eigenvalue weighted by Crippen LogP contribution is -2.24. The lowest BCUT2D eigenvalue weighted by atomic mass is 9.97. The predicted molar refractivity (Wildman–Crippen MR) is 75.2 cm³/mol. The minimum absolute atomic E-state index is 0.257. The summed E-state index contributed by atoms with van der Waals surface area (Å²) in [4.78, 5) is 4.05. The molecule has 1 heterocycles. The number of nitrogen functional groups attached to an aromatic ring is 1. The Labute approximate surface area is 121 Å². The van der Waals surface area contributed by atoms with Gasteiger partial charge in [-0.2, -0.15) is 0 Å². The maximum atomic E-state index is 13.4. The van der Waals surface area contributed by atoms with E-state index >= 15 is 0 Å². The Morgan fingerprint density at radius 1 is 1.19 bits per heavy atom. The van der Waals surface area contributed by atoms with Crippen LogP contribution >= 0.6 is 0 Å². The van der Waals surface area contributed by atoms with Crippen LogP contribution in [0.5, 0.6) is 0 Å². The molecule has 0 spiro atoms. The van der Waals surface area contributed by atoms with Gasteiger partial charge in [0.05, 0.1) is 6.04 Å². The number of hydrogen-bond donors (Lipinski definition) is 2. The quantitative estimate of drug-likeness (QED) is 0.852. The van der Waals surface area contributed by atoms with Crippen molar-refractivity contribution in [1.29, 1.82) is 0 Å². The fourth-order valence-corrected chi connectivity index (χ4v) is 2.19. The van der Waals surface area contributed by atoms with Crippen molar-refractivity contribution in [3.63, 3.8) is 0 Å². The van der Waals surface area contributed by atoms with Crippen LogP contribution in [0.2, 0.25) is 0 Å². The second kappa shape index (κ2) is 6.13. The zero-order chi connectivity index (χ0) is 15.6. The van der Waals surface area contributed by atoms with E-state index in [1.807, 2.05) is 13.8 Å². The minimum Gasteiger partial charge on any atom is -0.383 e. The number of anilines is 1. The third-order valence-electron chi connectivity index (χ3n) is 3.14. The summed E-state index contributed by atoms with van der Waals surface area (Å²) in [6.45, 7) is 4.23. The second-order valence-corrected chi connectivity index (χ2v) is 4.78. The molecule has 0 aliphatic rings. The summed E-state index contributed by atoms with van der Waals surface area (Å²) in [7, 11) is 0. The molecule has 1 unspecified atom stereocenters. The number of hydrogen-bond acceptors (Lipinski definition) is 3. The van der Waals surface area contributed by atoms with Crippen LogP contribution in [-0.4, -0.2) is 11.5 Å². The van der Waals surface area contributed by atoms with Gasteiger partial charge in [-0.15, -0.1) is 0 Å². The van der Waals surface area contributed by atoms with E-state index in [0.717, 1.165) is 17.7 Å². The van der Waals surface area contributed by atoms with Gasteiger partial charge in [-0.1, -0.05) is 6.92 Å². The Balaban J connectivity index is 2.56. The van der Waals surface area contributed by atoms with E-state index in [0.29, 0.717) is 12.1 Å². The first-order valence-corrected chi connectivity index (χ1v) is 6.53. The molecule has 0 bridgehead atoms. The number of aromatic nitrogens is 1. The maximum Gasteiger partial charge on any atom is 0.194 e. The zero-order valence-electron chi connectivity index (χ0n) is 11.8. The lowest BCUT2D eigenvalue weighted by molar-refractivity contribution is 0.442. The van der Waals surface area contributed by atoms with Crippen molar-refractivity contribution in [2.45, 2.75) is 19.9 Å². The molecule has 0 radical (unpaired) electrons. The smallest absolute Gasteiger partial charge is 0.194 e. The molecule has 0 saturated heterocycles. The molecule has 0 aliphatic carbocycles. The van der Waals surface area contributed by atoms with Crippen LogP contribution in [0, 0.1) is 24.4 Å². The fourth-order valence-electron chi connectivity index (χ4n) is 2.19. The lowest BCUT2D eigenvalue weighted by Gasteiger charge is -2.21. The van der Waals surface area contributed by atoms with Crippen LogP contribution in [0.25, 0.3) is 0 Å². The van der Waals surface area contributed by atoms with Crippen LogP contribution in [0.3, 0.4) is 0 Å². The summed E-state index contributed by atoms with van der Waals surface area (Å²) in [5.41, 5.74) is 7.57. The van der Waals surface area contributed by atoms with Gasteiger partial charge in [0.25, 0.3) is 0 Å². The van der Waals surface area contributed by atoms with Crippen molar-refractivity contribution in [3.8, 4) is 0 Å². The van der Waals surface area contributed by atoms with Gasteiger partial charge in [-0.3, -0.25) is 0 Å². The highest BCUT2D eigenvalue weighted by atomic mass is 19.2. The summed E-state index contributed by atoms with van der Waals surface area (Å²) < 4.78 is 40.0. The summed E-state index contributed by atoms with van der Waals surface area (Å²) in [5.74, 6) is -3.68. The number of nitrogens with one attached hydrogen (secondary N) is 1. The number of aryl methyl sites for hydroxylation is 1. The Morgan fingerprint density at radius 3 is 2.38 bits per heavy atom. The molecule has 21 heavy (non-hydrogen) atoms. The van der Waals surface area contributed by atoms with Gasteiger partial charge in [0, 0.05) is 11.8 Å². The molecular formula is C15H16F3N3. The molecule has 1 atom stereocenters. The second-order valence-electron chi connectivity index (χ2n) is 4.78. The molecule has 3 N–H and O–H groups in total. The van der Waals surface area contributed by atoms with Gasteiger partial charge < -0.3 is 11.1 Å². The van der Waals surface area contributed by atoms with Gasteiger partial charge in [-0.25, -0.2) is 18.2 Å². The van der Waals surface area contributed by atoms with Gasteiger partial charge in [0.2, 0.25) is 0 Å². The highest BCUT2D eigenvalue weighted by molar-refractivity contribution is 5.47. The van der Waals surface area contributed by atoms with Gasteiger partial charge >= 0.3 is 0 Å².